The first-order valence-corrected chi connectivity index (χ1v) is 13.5. The van der Waals surface area contributed by atoms with Crippen LogP contribution in [0.2, 0.25) is 0 Å². The van der Waals surface area contributed by atoms with Crippen molar-refractivity contribution in [1.82, 2.24) is 8.87 Å². The summed E-state index contributed by atoms with van der Waals surface area (Å²) in [5.41, 5.74) is 3.01. The van der Waals surface area contributed by atoms with Crippen molar-refractivity contribution < 1.29 is 8.42 Å². The Bertz CT molecular complexity index is 1420. The van der Waals surface area contributed by atoms with E-state index >= 15 is 0 Å². The lowest BCUT2D eigenvalue weighted by Crippen LogP contribution is -2.49. The van der Waals surface area contributed by atoms with Gasteiger partial charge in [0, 0.05) is 47.8 Å². The molecule has 3 heterocycles. The first-order chi connectivity index (χ1) is 15.9. The maximum atomic E-state index is 13.5. The molecule has 0 spiro atoms. The Kier molecular flexibility index (Phi) is 5.65. The molecule has 0 N–H and O–H groups in total. The molecule has 168 valence electrons. The SMILES string of the molecule is CSc1ccc(-c2ccc(=O)n3c2C2CC(CN(S(=O)(=O)c4ccccc4C#N)C2)C3)cc1. The Hall–Kier alpha value is -2.86. The number of thioether (sulfide) groups is 1. The van der Waals surface area contributed by atoms with Gasteiger partial charge in [-0.25, -0.2) is 8.42 Å². The molecule has 5 rings (SSSR count). The fourth-order valence-corrected chi connectivity index (χ4v) is 7.22. The van der Waals surface area contributed by atoms with Gasteiger partial charge < -0.3 is 4.57 Å². The number of hydrogen-bond donors (Lipinski definition) is 0. The maximum Gasteiger partial charge on any atom is 0.250 e. The van der Waals surface area contributed by atoms with Crippen LogP contribution in [0.4, 0.5) is 0 Å². The summed E-state index contributed by atoms with van der Waals surface area (Å²) >= 11 is 1.67. The third-order valence-electron chi connectivity index (χ3n) is 6.58. The highest BCUT2D eigenvalue weighted by atomic mass is 32.2. The van der Waals surface area contributed by atoms with Crippen LogP contribution in [0.5, 0.6) is 0 Å². The van der Waals surface area contributed by atoms with Gasteiger partial charge in [0.1, 0.15) is 6.07 Å². The van der Waals surface area contributed by atoms with E-state index in [4.69, 9.17) is 0 Å². The normalized spacial score (nSPS) is 20.1. The summed E-state index contributed by atoms with van der Waals surface area (Å²) in [5, 5.41) is 9.43. The van der Waals surface area contributed by atoms with Gasteiger partial charge in [-0.2, -0.15) is 9.57 Å². The lowest BCUT2D eigenvalue weighted by molar-refractivity contribution is 0.187. The van der Waals surface area contributed by atoms with Crippen molar-refractivity contribution in [2.75, 3.05) is 19.3 Å². The Morgan fingerprint density at radius 1 is 1.00 bits per heavy atom. The summed E-state index contributed by atoms with van der Waals surface area (Å²) < 4.78 is 30.4. The van der Waals surface area contributed by atoms with Crippen molar-refractivity contribution in [3.63, 3.8) is 0 Å². The largest absolute Gasteiger partial charge is 0.311 e. The predicted molar refractivity (Wildman–Crippen MR) is 129 cm³/mol. The minimum Gasteiger partial charge on any atom is -0.311 e. The molecule has 0 aliphatic carbocycles. The summed E-state index contributed by atoms with van der Waals surface area (Å²) in [5.74, 6) is -0.0438. The van der Waals surface area contributed by atoms with Crippen LogP contribution in [0.1, 0.15) is 23.6 Å². The van der Waals surface area contributed by atoms with E-state index in [0.29, 0.717) is 13.1 Å². The number of pyridine rings is 1. The van der Waals surface area contributed by atoms with Crippen LogP contribution in [0.15, 0.2) is 75.2 Å². The minimum absolute atomic E-state index is 0.0460. The Morgan fingerprint density at radius 3 is 2.48 bits per heavy atom. The molecule has 0 amide bonds. The summed E-state index contributed by atoms with van der Waals surface area (Å²) in [6.45, 7) is 1.13. The lowest BCUT2D eigenvalue weighted by atomic mass is 9.81. The third-order valence-corrected chi connectivity index (χ3v) is 9.22. The molecule has 0 saturated carbocycles. The Balaban J connectivity index is 1.57. The first-order valence-electron chi connectivity index (χ1n) is 10.8. The highest BCUT2D eigenvalue weighted by Crippen LogP contribution is 2.41. The number of fused-ring (bicyclic) bond motifs is 4. The zero-order valence-electron chi connectivity index (χ0n) is 18.1. The van der Waals surface area contributed by atoms with E-state index in [-0.39, 0.29) is 34.4 Å². The fourth-order valence-electron chi connectivity index (χ4n) is 5.11. The number of nitrogens with zero attached hydrogens (tertiary/aromatic N) is 3. The summed E-state index contributed by atoms with van der Waals surface area (Å²) in [6, 6.07) is 20.0. The van der Waals surface area contributed by atoms with Gasteiger partial charge in [0.15, 0.2) is 0 Å². The number of rotatable bonds is 4. The van der Waals surface area contributed by atoms with Crippen LogP contribution in [0.25, 0.3) is 11.1 Å². The molecular weight excluding hydrogens is 454 g/mol. The van der Waals surface area contributed by atoms with Crippen molar-refractivity contribution in [3.05, 3.63) is 82.3 Å². The number of sulfonamides is 1. The highest BCUT2D eigenvalue weighted by Gasteiger charge is 2.41. The standard InChI is InChI=1S/C25H23N3O3S2/c1-32-21-8-6-18(7-9-21)22-10-11-24(29)28-15-17-12-20(25(22)28)16-27(14-17)33(30,31)23-5-3-2-4-19(23)13-26/h2-11,17,20H,12,14-16H2,1H3. The van der Waals surface area contributed by atoms with E-state index in [9.17, 15) is 18.5 Å². The number of nitriles is 1. The van der Waals surface area contributed by atoms with Gasteiger partial charge in [0.25, 0.3) is 5.56 Å². The van der Waals surface area contributed by atoms with E-state index in [1.807, 2.05) is 23.0 Å². The van der Waals surface area contributed by atoms with Crippen LogP contribution in [-0.2, 0) is 16.6 Å². The lowest BCUT2D eigenvalue weighted by Gasteiger charge is -2.43. The molecule has 2 bridgehead atoms. The van der Waals surface area contributed by atoms with Crippen molar-refractivity contribution >= 4 is 21.8 Å². The summed E-state index contributed by atoms with van der Waals surface area (Å²) in [7, 11) is -3.83. The zero-order valence-corrected chi connectivity index (χ0v) is 19.8. The van der Waals surface area contributed by atoms with Crippen LogP contribution in [0.3, 0.4) is 0 Å². The first kappa shape index (κ1) is 22.0. The van der Waals surface area contributed by atoms with Gasteiger partial charge >= 0.3 is 0 Å². The molecule has 1 aromatic heterocycles. The van der Waals surface area contributed by atoms with E-state index in [2.05, 4.69) is 24.3 Å². The van der Waals surface area contributed by atoms with Gasteiger partial charge in [-0.15, -0.1) is 11.8 Å². The van der Waals surface area contributed by atoms with Crippen molar-refractivity contribution in [2.24, 2.45) is 5.92 Å². The van der Waals surface area contributed by atoms with Crippen LogP contribution >= 0.6 is 11.8 Å². The van der Waals surface area contributed by atoms with E-state index in [1.165, 1.54) is 16.4 Å². The third kappa shape index (κ3) is 3.80. The van der Waals surface area contributed by atoms with Gasteiger partial charge in [-0.1, -0.05) is 24.3 Å². The Morgan fingerprint density at radius 2 is 1.76 bits per heavy atom. The predicted octanol–water partition coefficient (Wildman–Crippen LogP) is 3.92. The monoisotopic (exact) mass is 477 g/mol. The van der Waals surface area contributed by atoms with Crippen molar-refractivity contribution in [3.8, 4) is 17.2 Å². The van der Waals surface area contributed by atoms with E-state index in [1.54, 1.807) is 30.0 Å². The average molecular weight is 478 g/mol. The molecule has 3 aromatic rings. The Labute approximate surface area is 197 Å². The van der Waals surface area contributed by atoms with Crippen LogP contribution in [-0.4, -0.2) is 36.6 Å². The summed E-state index contributed by atoms with van der Waals surface area (Å²) in [6.07, 6.45) is 2.87. The average Bonchev–Trinajstić information content (AvgIpc) is 2.84. The molecule has 2 aliphatic rings. The quantitative estimate of drug-likeness (QED) is 0.532. The van der Waals surface area contributed by atoms with E-state index < -0.39 is 10.0 Å². The maximum absolute atomic E-state index is 13.5. The topological polar surface area (TPSA) is 83.2 Å². The van der Waals surface area contributed by atoms with Gasteiger partial charge in [0.05, 0.1) is 10.5 Å². The second kappa shape index (κ2) is 8.49. The van der Waals surface area contributed by atoms with Gasteiger partial charge in [0.2, 0.25) is 10.0 Å². The molecule has 8 heteroatoms. The number of aromatic nitrogens is 1. The minimum atomic E-state index is -3.83. The van der Waals surface area contributed by atoms with Crippen molar-refractivity contribution in [2.45, 2.75) is 28.7 Å². The number of piperidine rings is 1. The molecule has 1 saturated heterocycles. The number of benzene rings is 2. The van der Waals surface area contributed by atoms with Gasteiger partial charge in [-0.05, 0) is 54.5 Å². The zero-order chi connectivity index (χ0) is 23.2. The highest BCUT2D eigenvalue weighted by molar-refractivity contribution is 7.98. The van der Waals surface area contributed by atoms with E-state index in [0.717, 1.165) is 28.1 Å². The molecule has 33 heavy (non-hydrogen) atoms. The molecule has 2 atom stereocenters. The molecular formula is C25H23N3O3S2. The second-order valence-corrected chi connectivity index (χ2v) is 11.3. The molecule has 2 unspecified atom stereocenters. The van der Waals surface area contributed by atoms with Crippen LogP contribution < -0.4 is 5.56 Å². The molecule has 6 nitrogen and oxygen atoms in total. The summed E-state index contributed by atoms with van der Waals surface area (Å²) in [4.78, 5) is 14.0. The van der Waals surface area contributed by atoms with Crippen molar-refractivity contribution in [1.29, 1.82) is 5.26 Å². The molecule has 2 aliphatic heterocycles. The van der Waals surface area contributed by atoms with Gasteiger partial charge in [-0.3, -0.25) is 4.79 Å². The number of hydrogen-bond acceptors (Lipinski definition) is 5. The second-order valence-electron chi connectivity index (χ2n) is 8.54. The smallest absolute Gasteiger partial charge is 0.250 e. The van der Waals surface area contributed by atoms with Crippen LogP contribution in [0, 0.1) is 17.2 Å². The molecule has 1 fully saturated rings. The molecule has 0 radical (unpaired) electrons. The molecule has 2 aromatic carbocycles. The fraction of sp³-hybridized carbons (Fsp3) is 0.280.